The summed E-state index contributed by atoms with van der Waals surface area (Å²) in [6.45, 7) is 0.715. The van der Waals surface area contributed by atoms with Crippen LogP contribution in [0.2, 0.25) is 0 Å². The maximum Gasteiger partial charge on any atom is 0.246 e. The third-order valence-corrected chi connectivity index (χ3v) is 6.52. The van der Waals surface area contributed by atoms with Gasteiger partial charge >= 0.3 is 0 Å². The lowest BCUT2D eigenvalue weighted by Gasteiger charge is -2.39. The molecule has 1 aliphatic heterocycles. The van der Waals surface area contributed by atoms with Gasteiger partial charge in [-0.1, -0.05) is 18.6 Å². The molecule has 1 saturated heterocycles. The van der Waals surface area contributed by atoms with Gasteiger partial charge in [-0.2, -0.15) is 4.31 Å². The highest BCUT2D eigenvalue weighted by molar-refractivity contribution is 7.89. The monoisotopic (exact) mass is 329 g/mol. The molecule has 1 heterocycles. The standard InChI is InChI=1S/C15H20FNO4S/c16-12-5-1-2-7-15(12)22(19,20)17-8-9-21-10-13(17)11-4-3-6-14(11)18/h1-2,5,7,11,13-14,18H,3-4,6,8-10H2. The number of sulfonamides is 1. The quantitative estimate of drug-likeness (QED) is 0.910. The number of nitrogens with zero attached hydrogens (tertiary/aromatic N) is 1. The molecule has 0 radical (unpaired) electrons. The van der Waals surface area contributed by atoms with Gasteiger partial charge < -0.3 is 9.84 Å². The molecule has 0 aromatic heterocycles. The summed E-state index contributed by atoms with van der Waals surface area (Å²) >= 11 is 0. The normalized spacial score (nSPS) is 30.5. The van der Waals surface area contributed by atoms with Crippen LogP contribution in [0.3, 0.4) is 0 Å². The third-order valence-electron chi connectivity index (χ3n) is 4.56. The van der Waals surface area contributed by atoms with Crippen LogP contribution in [0.15, 0.2) is 29.2 Å². The van der Waals surface area contributed by atoms with Crippen LogP contribution in [-0.4, -0.2) is 49.7 Å². The lowest BCUT2D eigenvalue weighted by molar-refractivity contribution is -0.0148. The Bertz CT molecular complexity index is 636. The molecule has 1 saturated carbocycles. The predicted octanol–water partition coefficient (Wildman–Crippen LogP) is 1.38. The summed E-state index contributed by atoms with van der Waals surface area (Å²) in [4.78, 5) is -0.311. The molecule has 0 bridgehead atoms. The maximum absolute atomic E-state index is 13.9. The lowest BCUT2D eigenvalue weighted by Crippen LogP contribution is -2.53. The third kappa shape index (κ3) is 2.78. The number of hydrogen-bond acceptors (Lipinski definition) is 4. The molecule has 1 N–H and O–H groups in total. The van der Waals surface area contributed by atoms with Crippen molar-refractivity contribution in [1.29, 1.82) is 0 Å². The molecule has 3 rings (SSSR count). The van der Waals surface area contributed by atoms with E-state index in [1.54, 1.807) is 0 Å². The van der Waals surface area contributed by atoms with E-state index < -0.39 is 28.0 Å². The first-order chi connectivity index (χ1) is 10.5. The Morgan fingerprint density at radius 2 is 2.05 bits per heavy atom. The number of ether oxygens (including phenoxy) is 1. The molecule has 1 aromatic carbocycles. The lowest BCUT2D eigenvalue weighted by atomic mass is 9.96. The summed E-state index contributed by atoms with van der Waals surface area (Å²) in [6, 6.07) is 4.97. The molecule has 122 valence electrons. The molecule has 22 heavy (non-hydrogen) atoms. The van der Waals surface area contributed by atoms with Gasteiger partial charge in [-0.25, -0.2) is 12.8 Å². The molecule has 1 aliphatic carbocycles. The van der Waals surface area contributed by atoms with Crippen molar-refractivity contribution >= 4 is 10.0 Å². The first-order valence-electron chi connectivity index (χ1n) is 7.54. The second kappa shape index (κ2) is 6.23. The van der Waals surface area contributed by atoms with E-state index in [1.807, 2.05) is 0 Å². The summed E-state index contributed by atoms with van der Waals surface area (Å²) in [7, 11) is -3.94. The number of rotatable bonds is 3. The van der Waals surface area contributed by atoms with Gasteiger partial charge in [0, 0.05) is 12.5 Å². The fourth-order valence-corrected chi connectivity index (χ4v) is 5.15. The minimum absolute atomic E-state index is 0.151. The van der Waals surface area contributed by atoms with Gasteiger partial charge in [-0.05, 0) is 25.0 Å². The van der Waals surface area contributed by atoms with Crippen LogP contribution in [0.5, 0.6) is 0 Å². The van der Waals surface area contributed by atoms with Crippen LogP contribution in [0.25, 0.3) is 0 Å². The summed E-state index contributed by atoms with van der Waals surface area (Å²) in [5.41, 5.74) is 0. The fourth-order valence-electron chi connectivity index (χ4n) is 3.44. The summed E-state index contributed by atoms with van der Waals surface area (Å²) in [6.07, 6.45) is 1.79. The number of aliphatic hydroxyl groups excluding tert-OH is 1. The van der Waals surface area contributed by atoms with Gasteiger partial charge in [0.2, 0.25) is 10.0 Å². The SMILES string of the molecule is O=S(=O)(c1ccccc1F)N1CCOCC1C1CCCC1O. The van der Waals surface area contributed by atoms with E-state index in [0.717, 1.165) is 18.9 Å². The number of halogens is 1. The van der Waals surface area contributed by atoms with Crippen LogP contribution in [0.1, 0.15) is 19.3 Å². The van der Waals surface area contributed by atoms with Crippen molar-refractivity contribution in [2.24, 2.45) is 5.92 Å². The molecule has 5 nitrogen and oxygen atoms in total. The van der Waals surface area contributed by atoms with Gasteiger partial charge in [0.1, 0.15) is 10.7 Å². The second-order valence-corrected chi connectivity index (χ2v) is 7.71. The van der Waals surface area contributed by atoms with E-state index >= 15 is 0 Å². The molecule has 2 aliphatic rings. The van der Waals surface area contributed by atoms with E-state index in [4.69, 9.17) is 4.74 Å². The zero-order valence-corrected chi connectivity index (χ0v) is 13.0. The molecule has 3 unspecified atom stereocenters. The molecule has 7 heteroatoms. The number of morpholine rings is 1. The van der Waals surface area contributed by atoms with Gasteiger partial charge in [-0.3, -0.25) is 0 Å². The van der Waals surface area contributed by atoms with E-state index in [1.165, 1.54) is 22.5 Å². The first kappa shape index (κ1) is 15.9. The van der Waals surface area contributed by atoms with E-state index in [0.29, 0.717) is 6.42 Å². The van der Waals surface area contributed by atoms with Crippen molar-refractivity contribution in [3.63, 3.8) is 0 Å². The van der Waals surface area contributed by atoms with E-state index in [2.05, 4.69) is 0 Å². The highest BCUT2D eigenvalue weighted by atomic mass is 32.2. The number of benzene rings is 1. The molecule has 0 amide bonds. The second-order valence-electron chi connectivity index (χ2n) is 5.85. The Balaban J connectivity index is 1.95. The van der Waals surface area contributed by atoms with Crippen molar-refractivity contribution in [3.05, 3.63) is 30.1 Å². The van der Waals surface area contributed by atoms with Gasteiger partial charge in [0.15, 0.2) is 0 Å². The molecule has 2 fully saturated rings. The minimum Gasteiger partial charge on any atom is -0.393 e. The molecular weight excluding hydrogens is 309 g/mol. The predicted molar refractivity (Wildman–Crippen MR) is 78.2 cm³/mol. The van der Waals surface area contributed by atoms with Crippen molar-refractivity contribution in [2.45, 2.75) is 36.3 Å². The van der Waals surface area contributed by atoms with Crippen molar-refractivity contribution in [1.82, 2.24) is 4.31 Å². The Labute approximate surface area is 129 Å². The van der Waals surface area contributed by atoms with Gasteiger partial charge in [0.25, 0.3) is 0 Å². The smallest absolute Gasteiger partial charge is 0.246 e. The molecule has 0 spiro atoms. The fraction of sp³-hybridized carbons (Fsp3) is 0.600. The highest BCUT2D eigenvalue weighted by Gasteiger charge is 2.43. The highest BCUT2D eigenvalue weighted by Crippen LogP contribution is 2.34. The minimum atomic E-state index is -3.94. The first-order valence-corrected chi connectivity index (χ1v) is 8.98. The average molecular weight is 329 g/mol. The largest absolute Gasteiger partial charge is 0.393 e. The number of aliphatic hydroxyl groups is 1. The summed E-state index contributed by atoms with van der Waals surface area (Å²) in [5, 5.41) is 10.1. The van der Waals surface area contributed by atoms with Gasteiger partial charge in [0.05, 0.1) is 25.4 Å². The summed E-state index contributed by atoms with van der Waals surface area (Å²) < 4.78 is 46.3. The van der Waals surface area contributed by atoms with Crippen LogP contribution >= 0.6 is 0 Å². The van der Waals surface area contributed by atoms with Crippen molar-refractivity contribution in [3.8, 4) is 0 Å². The summed E-state index contributed by atoms with van der Waals surface area (Å²) in [5.74, 6) is -0.901. The maximum atomic E-state index is 13.9. The van der Waals surface area contributed by atoms with Crippen molar-refractivity contribution in [2.75, 3.05) is 19.8 Å². The van der Waals surface area contributed by atoms with Crippen LogP contribution in [-0.2, 0) is 14.8 Å². The zero-order chi connectivity index (χ0) is 15.7. The van der Waals surface area contributed by atoms with Crippen LogP contribution in [0.4, 0.5) is 4.39 Å². The zero-order valence-electron chi connectivity index (χ0n) is 12.2. The molecule has 3 atom stereocenters. The van der Waals surface area contributed by atoms with E-state index in [-0.39, 0.29) is 30.6 Å². The number of hydrogen-bond donors (Lipinski definition) is 1. The Morgan fingerprint density at radius 1 is 1.27 bits per heavy atom. The van der Waals surface area contributed by atoms with Crippen molar-refractivity contribution < 1.29 is 22.7 Å². The van der Waals surface area contributed by atoms with E-state index in [9.17, 15) is 17.9 Å². The Hall–Kier alpha value is -1.02. The molecule has 1 aromatic rings. The molecular formula is C15H20FNO4S. The Morgan fingerprint density at radius 3 is 2.73 bits per heavy atom. The Kier molecular flexibility index (Phi) is 4.49. The topological polar surface area (TPSA) is 66.8 Å². The van der Waals surface area contributed by atoms with Crippen LogP contribution in [0, 0.1) is 11.7 Å². The average Bonchev–Trinajstić information content (AvgIpc) is 2.93. The van der Waals surface area contributed by atoms with Gasteiger partial charge in [-0.15, -0.1) is 0 Å². The van der Waals surface area contributed by atoms with Crippen LogP contribution < -0.4 is 0 Å².